The molecule has 18 heavy (non-hydrogen) atoms. The van der Waals surface area contributed by atoms with Crippen LogP contribution in [-0.2, 0) is 0 Å². The van der Waals surface area contributed by atoms with Crippen molar-refractivity contribution in [2.75, 3.05) is 39.8 Å². The van der Waals surface area contributed by atoms with E-state index in [2.05, 4.69) is 23.8 Å². The fourth-order valence-electron chi connectivity index (χ4n) is 3.06. The molecular formula is C15H33N3. The van der Waals surface area contributed by atoms with Crippen LogP contribution in [-0.4, -0.2) is 55.6 Å². The third kappa shape index (κ3) is 6.17. The van der Waals surface area contributed by atoms with E-state index >= 15 is 0 Å². The molecule has 108 valence electrons. The van der Waals surface area contributed by atoms with Crippen LogP contribution in [0.3, 0.4) is 0 Å². The third-order valence-corrected chi connectivity index (χ3v) is 4.23. The maximum absolute atomic E-state index is 5.54. The van der Waals surface area contributed by atoms with Gasteiger partial charge < -0.3 is 15.5 Å². The van der Waals surface area contributed by atoms with Crippen molar-refractivity contribution in [3.05, 3.63) is 0 Å². The van der Waals surface area contributed by atoms with Gasteiger partial charge in [-0.25, -0.2) is 0 Å². The predicted molar refractivity (Wildman–Crippen MR) is 79.9 cm³/mol. The Kier molecular flexibility index (Phi) is 8.64. The van der Waals surface area contributed by atoms with Crippen LogP contribution in [0, 0.1) is 0 Å². The minimum atomic E-state index is 0.813. The maximum Gasteiger partial charge on any atom is 0.00951 e. The molecule has 0 amide bonds. The van der Waals surface area contributed by atoms with Gasteiger partial charge in [-0.2, -0.15) is 0 Å². The Hall–Kier alpha value is -0.120. The van der Waals surface area contributed by atoms with Gasteiger partial charge in [-0.15, -0.1) is 0 Å². The second-order valence-electron chi connectivity index (χ2n) is 5.72. The lowest BCUT2D eigenvalue weighted by molar-refractivity contribution is 0.155. The standard InChI is InChI=1S/C15H33N3/c1-3-18(15-9-5-4-6-10-15)14-8-13-17(2)12-7-11-16/h15H,3-14,16H2,1-2H3. The summed E-state index contributed by atoms with van der Waals surface area (Å²) < 4.78 is 0. The van der Waals surface area contributed by atoms with Gasteiger partial charge in [0, 0.05) is 6.04 Å². The van der Waals surface area contributed by atoms with Crippen LogP contribution in [0.1, 0.15) is 51.9 Å². The van der Waals surface area contributed by atoms with Crippen molar-refractivity contribution in [3.63, 3.8) is 0 Å². The second-order valence-corrected chi connectivity index (χ2v) is 5.72. The largest absolute Gasteiger partial charge is 0.330 e. The van der Waals surface area contributed by atoms with Gasteiger partial charge in [0.1, 0.15) is 0 Å². The van der Waals surface area contributed by atoms with E-state index in [1.807, 2.05) is 0 Å². The molecule has 1 aliphatic rings. The SMILES string of the molecule is CCN(CCCN(C)CCCN)C1CCCCC1. The quantitative estimate of drug-likeness (QED) is 0.686. The highest BCUT2D eigenvalue weighted by Crippen LogP contribution is 2.22. The van der Waals surface area contributed by atoms with Crippen LogP contribution >= 0.6 is 0 Å². The Balaban J connectivity index is 2.14. The summed E-state index contributed by atoms with van der Waals surface area (Å²) in [5, 5.41) is 0. The van der Waals surface area contributed by atoms with E-state index in [1.54, 1.807) is 0 Å². The minimum Gasteiger partial charge on any atom is -0.330 e. The molecule has 2 N–H and O–H groups in total. The van der Waals surface area contributed by atoms with Crippen LogP contribution in [0.15, 0.2) is 0 Å². The molecule has 1 saturated carbocycles. The smallest absolute Gasteiger partial charge is 0.00951 e. The molecule has 0 saturated heterocycles. The summed E-state index contributed by atoms with van der Waals surface area (Å²) in [6.07, 6.45) is 9.61. The normalized spacial score (nSPS) is 17.8. The molecule has 0 heterocycles. The molecule has 1 aliphatic carbocycles. The number of rotatable bonds is 9. The van der Waals surface area contributed by atoms with E-state index in [1.165, 1.54) is 58.2 Å². The van der Waals surface area contributed by atoms with E-state index in [0.717, 1.165) is 25.6 Å². The van der Waals surface area contributed by atoms with Crippen molar-refractivity contribution in [1.82, 2.24) is 9.80 Å². The highest BCUT2D eigenvalue weighted by Gasteiger charge is 2.19. The van der Waals surface area contributed by atoms with E-state index in [-0.39, 0.29) is 0 Å². The number of nitrogens with two attached hydrogens (primary N) is 1. The average molecular weight is 255 g/mol. The second kappa shape index (κ2) is 9.76. The summed E-state index contributed by atoms with van der Waals surface area (Å²) in [6.45, 7) is 7.97. The summed E-state index contributed by atoms with van der Waals surface area (Å²) >= 11 is 0. The zero-order valence-corrected chi connectivity index (χ0v) is 12.5. The molecule has 0 atom stereocenters. The molecule has 0 unspecified atom stereocenters. The van der Waals surface area contributed by atoms with Crippen molar-refractivity contribution < 1.29 is 0 Å². The average Bonchev–Trinajstić information content (AvgIpc) is 2.42. The maximum atomic E-state index is 5.54. The molecule has 0 spiro atoms. The molecule has 0 aromatic heterocycles. The Labute approximate surface area is 114 Å². The van der Waals surface area contributed by atoms with Crippen LogP contribution in [0.2, 0.25) is 0 Å². The van der Waals surface area contributed by atoms with Crippen molar-refractivity contribution in [2.24, 2.45) is 5.73 Å². The van der Waals surface area contributed by atoms with Crippen LogP contribution < -0.4 is 5.73 Å². The monoisotopic (exact) mass is 255 g/mol. The first-order valence-corrected chi connectivity index (χ1v) is 7.90. The van der Waals surface area contributed by atoms with Gasteiger partial charge in [-0.05, 0) is 65.5 Å². The molecule has 1 fully saturated rings. The van der Waals surface area contributed by atoms with Gasteiger partial charge in [0.2, 0.25) is 0 Å². The molecule has 3 nitrogen and oxygen atoms in total. The van der Waals surface area contributed by atoms with Crippen LogP contribution in [0.5, 0.6) is 0 Å². The molecule has 0 aromatic rings. The fourth-order valence-corrected chi connectivity index (χ4v) is 3.06. The summed E-state index contributed by atoms with van der Waals surface area (Å²) in [5.74, 6) is 0. The Morgan fingerprint density at radius 2 is 1.67 bits per heavy atom. The van der Waals surface area contributed by atoms with Crippen molar-refractivity contribution in [3.8, 4) is 0 Å². The predicted octanol–water partition coefficient (Wildman–Crippen LogP) is 2.31. The topological polar surface area (TPSA) is 32.5 Å². The first-order valence-electron chi connectivity index (χ1n) is 7.90. The van der Waals surface area contributed by atoms with Gasteiger partial charge in [0.05, 0.1) is 0 Å². The van der Waals surface area contributed by atoms with Crippen molar-refractivity contribution in [2.45, 2.75) is 57.9 Å². The van der Waals surface area contributed by atoms with E-state index < -0.39 is 0 Å². The molecule has 0 bridgehead atoms. The van der Waals surface area contributed by atoms with Gasteiger partial charge in [-0.1, -0.05) is 26.2 Å². The van der Waals surface area contributed by atoms with Crippen molar-refractivity contribution >= 4 is 0 Å². The highest BCUT2D eigenvalue weighted by atomic mass is 15.2. The summed E-state index contributed by atoms with van der Waals surface area (Å²) in [5.41, 5.74) is 5.54. The molecule has 0 aromatic carbocycles. The van der Waals surface area contributed by atoms with E-state index in [0.29, 0.717) is 0 Å². The van der Waals surface area contributed by atoms with Gasteiger partial charge in [0.15, 0.2) is 0 Å². The van der Waals surface area contributed by atoms with Crippen molar-refractivity contribution in [1.29, 1.82) is 0 Å². The summed E-state index contributed by atoms with van der Waals surface area (Å²) in [4.78, 5) is 5.12. The summed E-state index contributed by atoms with van der Waals surface area (Å²) in [7, 11) is 2.21. The number of hydrogen-bond donors (Lipinski definition) is 1. The Bertz CT molecular complexity index is 190. The van der Waals surface area contributed by atoms with Crippen LogP contribution in [0.25, 0.3) is 0 Å². The first-order chi connectivity index (χ1) is 8.77. The lowest BCUT2D eigenvalue weighted by Crippen LogP contribution is -2.38. The molecular weight excluding hydrogens is 222 g/mol. The zero-order valence-electron chi connectivity index (χ0n) is 12.5. The van der Waals surface area contributed by atoms with E-state index in [9.17, 15) is 0 Å². The third-order valence-electron chi connectivity index (χ3n) is 4.23. The highest BCUT2D eigenvalue weighted by molar-refractivity contribution is 4.75. The Morgan fingerprint density at radius 3 is 2.28 bits per heavy atom. The summed E-state index contributed by atoms with van der Waals surface area (Å²) in [6, 6.07) is 0.873. The van der Waals surface area contributed by atoms with Gasteiger partial charge in [-0.3, -0.25) is 0 Å². The van der Waals surface area contributed by atoms with E-state index in [4.69, 9.17) is 5.73 Å². The van der Waals surface area contributed by atoms with Crippen LogP contribution in [0.4, 0.5) is 0 Å². The number of hydrogen-bond acceptors (Lipinski definition) is 3. The Morgan fingerprint density at radius 1 is 1.00 bits per heavy atom. The lowest BCUT2D eigenvalue weighted by Gasteiger charge is -2.33. The lowest BCUT2D eigenvalue weighted by atomic mass is 9.94. The fraction of sp³-hybridized carbons (Fsp3) is 1.00. The van der Waals surface area contributed by atoms with Gasteiger partial charge >= 0.3 is 0 Å². The number of nitrogens with zero attached hydrogens (tertiary/aromatic N) is 2. The van der Waals surface area contributed by atoms with Gasteiger partial charge in [0.25, 0.3) is 0 Å². The molecule has 3 heteroatoms. The molecule has 0 radical (unpaired) electrons. The molecule has 1 rings (SSSR count). The zero-order chi connectivity index (χ0) is 13.2. The first kappa shape index (κ1) is 15.9. The minimum absolute atomic E-state index is 0.813. The molecule has 0 aliphatic heterocycles.